The summed E-state index contributed by atoms with van der Waals surface area (Å²) in [4.78, 5) is 4.53. The second-order valence-electron chi connectivity index (χ2n) is 4.97. The van der Waals surface area contributed by atoms with Gasteiger partial charge in [-0.15, -0.1) is 0 Å². The molecule has 16 heavy (non-hydrogen) atoms. The van der Waals surface area contributed by atoms with E-state index in [0.29, 0.717) is 5.41 Å². The highest BCUT2D eigenvalue weighted by atomic mass is 32.2. The first kappa shape index (κ1) is 13.8. The van der Waals surface area contributed by atoms with Crippen LogP contribution in [0.1, 0.15) is 33.6 Å². The van der Waals surface area contributed by atoms with Gasteiger partial charge in [0.05, 0.1) is 6.61 Å². The molecule has 1 heterocycles. The van der Waals surface area contributed by atoms with Crippen molar-refractivity contribution in [3.63, 3.8) is 0 Å². The van der Waals surface area contributed by atoms with Crippen molar-refractivity contribution in [2.45, 2.75) is 33.6 Å². The zero-order chi connectivity index (χ0) is 11.9. The molecule has 3 nitrogen and oxygen atoms in total. The van der Waals surface area contributed by atoms with Gasteiger partial charge in [0.1, 0.15) is 0 Å². The Morgan fingerprint density at radius 3 is 2.88 bits per heavy atom. The van der Waals surface area contributed by atoms with Crippen LogP contribution in [-0.4, -0.2) is 37.2 Å². The Balaban J connectivity index is 2.04. The number of hydrogen-bond donors (Lipinski definition) is 1. The SMILES string of the molecule is CCCCOCCNC1=NCC(C)(C)CS1. The van der Waals surface area contributed by atoms with Gasteiger partial charge in [0.15, 0.2) is 5.17 Å². The minimum atomic E-state index is 0.355. The molecule has 0 bridgehead atoms. The van der Waals surface area contributed by atoms with Crippen molar-refractivity contribution >= 4 is 16.9 Å². The fourth-order valence-electron chi connectivity index (χ4n) is 1.33. The van der Waals surface area contributed by atoms with Crippen LogP contribution < -0.4 is 5.32 Å². The number of hydrogen-bond acceptors (Lipinski definition) is 4. The minimum absolute atomic E-state index is 0.355. The number of ether oxygens (including phenoxy) is 1. The third-order valence-electron chi connectivity index (χ3n) is 2.42. The molecule has 0 aromatic carbocycles. The summed E-state index contributed by atoms with van der Waals surface area (Å²) in [5.74, 6) is 1.15. The molecule has 1 rings (SSSR count). The highest BCUT2D eigenvalue weighted by molar-refractivity contribution is 8.13. The number of thioether (sulfide) groups is 1. The maximum absolute atomic E-state index is 5.48. The molecule has 0 spiro atoms. The maximum Gasteiger partial charge on any atom is 0.156 e. The second-order valence-corrected chi connectivity index (χ2v) is 5.93. The molecular formula is C12H24N2OS. The van der Waals surface area contributed by atoms with Gasteiger partial charge < -0.3 is 10.1 Å². The van der Waals surface area contributed by atoms with Crippen LogP contribution in [-0.2, 0) is 4.74 Å². The minimum Gasteiger partial charge on any atom is -0.380 e. The zero-order valence-corrected chi connectivity index (χ0v) is 11.5. The molecule has 0 amide bonds. The third-order valence-corrected chi connectivity index (χ3v) is 3.89. The van der Waals surface area contributed by atoms with E-state index in [1.54, 1.807) is 0 Å². The molecule has 0 atom stereocenters. The maximum atomic E-state index is 5.48. The number of rotatable bonds is 6. The van der Waals surface area contributed by atoms with Crippen molar-refractivity contribution in [3.05, 3.63) is 0 Å². The molecule has 0 saturated carbocycles. The Bertz CT molecular complexity index is 229. The standard InChI is InChI=1S/C12H24N2OS/c1-4-5-7-15-8-6-13-11-14-9-12(2,3)10-16-11/h4-10H2,1-3H3,(H,13,14). The van der Waals surface area contributed by atoms with E-state index < -0.39 is 0 Å². The molecule has 0 unspecified atom stereocenters. The summed E-state index contributed by atoms with van der Waals surface area (Å²) in [6, 6.07) is 0. The number of amidine groups is 1. The van der Waals surface area contributed by atoms with Gasteiger partial charge in [-0.3, -0.25) is 4.99 Å². The highest BCUT2D eigenvalue weighted by Gasteiger charge is 2.22. The summed E-state index contributed by atoms with van der Waals surface area (Å²) in [5, 5.41) is 4.41. The summed E-state index contributed by atoms with van der Waals surface area (Å²) in [5.41, 5.74) is 0.355. The van der Waals surface area contributed by atoms with Gasteiger partial charge in [-0.25, -0.2) is 0 Å². The van der Waals surface area contributed by atoms with Crippen LogP contribution in [0, 0.1) is 5.41 Å². The fraction of sp³-hybridized carbons (Fsp3) is 0.917. The summed E-state index contributed by atoms with van der Waals surface area (Å²) in [6.45, 7) is 10.2. The van der Waals surface area contributed by atoms with Gasteiger partial charge in [0.2, 0.25) is 0 Å². The molecule has 1 N–H and O–H groups in total. The molecular weight excluding hydrogens is 220 g/mol. The van der Waals surface area contributed by atoms with E-state index >= 15 is 0 Å². The number of aliphatic imine (C=N–C) groups is 1. The quantitative estimate of drug-likeness (QED) is 0.729. The van der Waals surface area contributed by atoms with Crippen LogP contribution in [0.15, 0.2) is 4.99 Å². The van der Waals surface area contributed by atoms with E-state index in [0.717, 1.165) is 43.6 Å². The van der Waals surface area contributed by atoms with Gasteiger partial charge in [-0.2, -0.15) is 0 Å². The molecule has 0 fully saturated rings. The topological polar surface area (TPSA) is 33.6 Å². The predicted molar refractivity (Wildman–Crippen MR) is 72.3 cm³/mol. The molecule has 0 radical (unpaired) electrons. The monoisotopic (exact) mass is 244 g/mol. The summed E-state index contributed by atoms with van der Waals surface area (Å²) in [6.07, 6.45) is 2.36. The Morgan fingerprint density at radius 2 is 2.25 bits per heavy atom. The Labute approximate surface area is 103 Å². The zero-order valence-electron chi connectivity index (χ0n) is 10.7. The predicted octanol–water partition coefficient (Wildman–Crippen LogP) is 2.52. The van der Waals surface area contributed by atoms with Crippen molar-refractivity contribution in [1.82, 2.24) is 5.32 Å². The lowest BCUT2D eigenvalue weighted by molar-refractivity contribution is 0.136. The molecule has 94 valence electrons. The molecule has 1 aliphatic rings. The number of nitrogens with zero attached hydrogens (tertiary/aromatic N) is 1. The lowest BCUT2D eigenvalue weighted by Crippen LogP contribution is -2.32. The van der Waals surface area contributed by atoms with Gasteiger partial charge >= 0.3 is 0 Å². The van der Waals surface area contributed by atoms with E-state index in [9.17, 15) is 0 Å². The van der Waals surface area contributed by atoms with E-state index in [4.69, 9.17) is 4.74 Å². The average Bonchev–Trinajstić information content (AvgIpc) is 2.25. The van der Waals surface area contributed by atoms with Crippen molar-refractivity contribution in [2.75, 3.05) is 32.1 Å². The van der Waals surface area contributed by atoms with Crippen molar-refractivity contribution < 1.29 is 4.74 Å². The molecule has 0 aromatic rings. The molecule has 0 saturated heterocycles. The number of nitrogens with one attached hydrogen (secondary N) is 1. The summed E-state index contributed by atoms with van der Waals surface area (Å²) >= 11 is 1.82. The summed E-state index contributed by atoms with van der Waals surface area (Å²) in [7, 11) is 0. The molecule has 0 aliphatic carbocycles. The van der Waals surface area contributed by atoms with E-state index in [1.807, 2.05) is 11.8 Å². The third kappa shape index (κ3) is 5.75. The van der Waals surface area contributed by atoms with E-state index in [1.165, 1.54) is 6.42 Å². The fourth-order valence-corrected chi connectivity index (χ4v) is 2.31. The lowest BCUT2D eigenvalue weighted by Gasteiger charge is -2.27. The van der Waals surface area contributed by atoms with Gasteiger partial charge in [0.25, 0.3) is 0 Å². The van der Waals surface area contributed by atoms with Crippen LogP contribution >= 0.6 is 11.8 Å². The Hall–Kier alpha value is -0.220. The van der Waals surface area contributed by atoms with Crippen molar-refractivity contribution in [3.8, 4) is 0 Å². The normalized spacial score (nSPS) is 19.3. The van der Waals surface area contributed by atoms with Crippen molar-refractivity contribution in [2.24, 2.45) is 10.4 Å². The van der Waals surface area contributed by atoms with Gasteiger partial charge in [0, 0.05) is 25.4 Å². The molecule has 1 aliphatic heterocycles. The van der Waals surface area contributed by atoms with Crippen LogP contribution in [0.3, 0.4) is 0 Å². The van der Waals surface area contributed by atoms with Crippen LogP contribution in [0.2, 0.25) is 0 Å². The van der Waals surface area contributed by atoms with Gasteiger partial charge in [-0.05, 0) is 11.8 Å². The highest BCUT2D eigenvalue weighted by Crippen LogP contribution is 2.26. The average molecular weight is 244 g/mol. The largest absolute Gasteiger partial charge is 0.380 e. The number of unbranched alkanes of at least 4 members (excludes halogenated alkanes) is 1. The Morgan fingerprint density at radius 1 is 1.44 bits per heavy atom. The van der Waals surface area contributed by atoms with Crippen LogP contribution in [0.5, 0.6) is 0 Å². The smallest absolute Gasteiger partial charge is 0.156 e. The molecule has 4 heteroatoms. The first-order chi connectivity index (χ1) is 7.64. The lowest BCUT2D eigenvalue weighted by atomic mass is 9.97. The molecule has 0 aromatic heterocycles. The van der Waals surface area contributed by atoms with E-state index in [-0.39, 0.29) is 0 Å². The van der Waals surface area contributed by atoms with Crippen LogP contribution in [0.25, 0.3) is 0 Å². The first-order valence-electron chi connectivity index (χ1n) is 6.13. The summed E-state index contributed by atoms with van der Waals surface area (Å²) < 4.78 is 5.48. The van der Waals surface area contributed by atoms with E-state index in [2.05, 4.69) is 31.1 Å². The van der Waals surface area contributed by atoms with Gasteiger partial charge in [-0.1, -0.05) is 39.0 Å². The van der Waals surface area contributed by atoms with Crippen LogP contribution in [0.4, 0.5) is 0 Å². The Kier molecular flexibility index (Phi) is 6.21. The second kappa shape index (κ2) is 7.17. The first-order valence-corrected chi connectivity index (χ1v) is 7.11. The van der Waals surface area contributed by atoms with Crippen molar-refractivity contribution in [1.29, 1.82) is 0 Å².